The lowest BCUT2D eigenvalue weighted by molar-refractivity contribution is 0.0847. The third kappa shape index (κ3) is 3.92. The van der Waals surface area contributed by atoms with Gasteiger partial charge in [0, 0.05) is 15.6 Å². The maximum Gasteiger partial charge on any atom is 0.273 e. The van der Waals surface area contributed by atoms with Crippen LogP contribution in [0.1, 0.15) is 20.7 Å². The number of hydrogen-bond donors (Lipinski definition) is 3. The van der Waals surface area contributed by atoms with Gasteiger partial charge in [0.15, 0.2) is 0 Å². The van der Waals surface area contributed by atoms with E-state index in [0.29, 0.717) is 22.6 Å². The summed E-state index contributed by atoms with van der Waals surface area (Å²) < 4.78 is 5.98. The fourth-order valence-corrected chi connectivity index (χ4v) is 2.55. The third-order valence-electron chi connectivity index (χ3n) is 3.66. The topological polar surface area (TPSA) is 96.1 Å². The van der Waals surface area contributed by atoms with Crippen LogP contribution in [-0.4, -0.2) is 29.1 Å². The molecule has 0 spiro atoms. The molecule has 0 radical (unpaired) electrons. The Morgan fingerprint density at radius 3 is 2.31 bits per heavy atom. The molecule has 0 saturated carbocycles. The van der Waals surface area contributed by atoms with Gasteiger partial charge in [0.1, 0.15) is 5.75 Å². The van der Waals surface area contributed by atoms with Gasteiger partial charge in [-0.3, -0.25) is 25.5 Å². The van der Waals surface area contributed by atoms with Crippen molar-refractivity contribution < 1.29 is 14.3 Å². The number of rotatable bonds is 4. The van der Waals surface area contributed by atoms with E-state index in [2.05, 4.69) is 37.0 Å². The highest BCUT2D eigenvalue weighted by Crippen LogP contribution is 2.23. The van der Waals surface area contributed by atoms with Gasteiger partial charge in [0.2, 0.25) is 0 Å². The number of ether oxygens (including phenoxy) is 1. The van der Waals surface area contributed by atoms with Crippen molar-refractivity contribution in [2.24, 2.45) is 0 Å². The van der Waals surface area contributed by atoms with Gasteiger partial charge in [0.05, 0.1) is 24.6 Å². The molecule has 0 aliphatic heterocycles. The van der Waals surface area contributed by atoms with Crippen LogP contribution in [-0.2, 0) is 0 Å². The molecule has 0 aliphatic rings. The van der Waals surface area contributed by atoms with Crippen molar-refractivity contribution in [3.05, 3.63) is 70.3 Å². The summed E-state index contributed by atoms with van der Waals surface area (Å²) in [7, 11) is 1.58. The molecule has 2 amide bonds. The zero-order valence-electron chi connectivity index (χ0n) is 13.7. The van der Waals surface area contributed by atoms with Gasteiger partial charge < -0.3 is 4.74 Å². The summed E-state index contributed by atoms with van der Waals surface area (Å²) in [5.74, 6) is -0.184. The van der Waals surface area contributed by atoms with Crippen LogP contribution in [0, 0.1) is 0 Å². The van der Waals surface area contributed by atoms with Gasteiger partial charge in [0.25, 0.3) is 11.8 Å². The van der Waals surface area contributed by atoms with Crippen LogP contribution < -0.4 is 15.6 Å². The van der Waals surface area contributed by atoms with Crippen molar-refractivity contribution in [1.29, 1.82) is 0 Å². The van der Waals surface area contributed by atoms with Crippen molar-refractivity contribution >= 4 is 27.7 Å². The Morgan fingerprint density at radius 2 is 1.65 bits per heavy atom. The van der Waals surface area contributed by atoms with E-state index in [1.54, 1.807) is 43.5 Å². The summed E-state index contributed by atoms with van der Waals surface area (Å²) in [6, 6.07) is 14.0. The molecular weight excluding hydrogens is 400 g/mol. The van der Waals surface area contributed by atoms with E-state index in [9.17, 15) is 9.59 Å². The second-order valence-corrected chi connectivity index (χ2v) is 6.22. The van der Waals surface area contributed by atoms with Crippen LogP contribution in [0.5, 0.6) is 5.75 Å². The molecule has 3 N–H and O–H groups in total. The summed E-state index contributed by atoms with van der Waals surface area (Å²) in [5.41, 5.74) is 6.84. The molecular formula is C18H15BrN4O3. The first-order valence-corrected chi connectivity index (χ1v) is 8.42. The largest absolute Gasteiger partial charge is 0.497 e. The maximum atomic E-state index is 12.4. The summed E-state index contributed by atoms with van der Waals surface area (Å²) in [4.78, 5) is 24.5. The lowest BCUT2D eigenvalue weighted by atomic mass is 10.1. The summed E-state index contributed by atoms with van der Waals surface area (Å²) in [6.45, 7) is 0. The Balaban J connectivity index is 1.69. The van der Waals surface area contributed by atoms with Crippen LogP contribution >= 0.6 is 15.9 Å². The molecule has 0 unspecified atom stereocenters. The minimum atomic E-state index is -0.477. The number of aromatic amines is 1. The molecule has 8 heteroatoms. The average Bonchev–Trinajstić information content (AvgIpc) is 3.16. The number of amides is 2. The Bertz CT molecular complexity index is 920. The fourth-order valence-electron chi connectivity index (χ4n) is 2.29. The number of aromatic nitrogens is 2. The Labute approximate surface area is 157 Å². The number of hydrazine groups is 1. The van der Waals surface area contributed by atoms with Gasteiger partial charge >= 0.3 is 0 Å². The predicted molar refractivity (Wildman–Crippen MR) is 99.7 cm³/mol. The van der Waals surface area contributed by atoms with Crippen LogP contribution in [0.4, 0.5) is 0 Å². The molecule has 132 valence electrons. The number of nitrogens with zero attached hydrogens (tertiary/aromatic N) is 1. The lowest BCUT2D eigenvalue weighted by Gasteiger charge is -2.08. The second-order valence-electron chi connectivity index (χ2n) is 5.30. The third-order valence-corrected chi connectivity index (χ3v) is 4.19. The van der Waals surface area contributed by atoms with Crippen molar-refractivity contribution in [1.82, 2.24) is 21.0 Å². The summed E-state index contributed by atoms with van der Waals surface area (Å²) >= 11 is 3.30. The zero-order valence-corrected chi connectivity index (χ0v) is 15.3. The van der Waals surface area contributed by atoms with Gasteiger partial charge in [-0.15, -0.1) is 0 Å². The highest BCUT2D eigenvalue weighted by atomic mass is 79.9. The van der Waals surface area contributed by atoms with Gasteiger partial charge in [-0.1, -0.05) is 15.9 Å². The van der Waals surface area contributed by atoms with Gasteiger partial charge in [-0.25, -0.2) is 0 Å². The number of halogens is 1. The fraction of sp³-hybridized carbons (Fsp3) is 0.0556. The molecule has 26 heavy (non-hydrogen) atoms. The van der Waals surface area contributed by atoms with E-state index in [4.69, 9.17) is 4.74 Å². The predicted octanol–water partition coefficient (Wildman–Crippen LogP) is 2.92. The van der Waals surface area contributed by atoms with Crippen LogP contribution in [0.25, 0.3) is 11.3 Å². The van der Waals surface area contributed by atoms with Crippen LogP contribution in [0.15, 0.2) is 59.2 Å². The molecule has 0 saturated heterocycles. The Morgan fingerprint density at radius 1 is 1.00 bits per heavy atom. The molecule has 0 atom stereocenters. The number of carbonyl (C=O) groups is 2. The first-order chi connectivity index (χ1) is 12.6. The van der Waals surface area contributed by atoms with E-state index in [1.165, 1.54) is 6.20 Å². The number of nitrogens with one attached hydrogen (secondary N) is 3. The molecule has 3 aromatic rings. The minimum Gasteiger partial charge on any atom is -0.497 e. The molecule has 0 fully saturated rings. The standard InChI is InChI=1S/C18H15BrN4O3/c1-26-14-8-4-11(5-9-14)16-15(10-20-21-16)18(25)23-22-17(24)12-2-6-13(19)7-3-12/h2-10H,1H3,(H,20,21)(H,22,24)(H,23,25). The van der Waals surface area contributed by atoms with Crippen molar-refractivity contribution in [3.63, 3.8) is 0 Å². The normalized spacial score (nSPS) is 10.2. The molecule has 2 aromatic carbocycles. The van der Waals surface area contributed by atoms with Crippen molar-refractivity contribution in [2.45, 2.75) is 0 Å². The molecule has 1 heterocycles. The van der Waals surface area contributed by atoms with E-state index < -0.39 is 11.8 Å². The molecule has 1 aromatic heterocycles. The smallest absolute Gasteiger partial charge is 0.273 e. The number of hydrogen-bond acceptors (Lipinski definition) is 4. The second kappa shape index (κ2) is 7.83. The number of methoxy groups -OCH3 is 1. The molecule has 7 nitrogen and oxygen atoms in total. The zero-order chi connectivity index (χ0) is 18.5. The van der Waals surface area contributed by atoms with Crippen LogP contribution in [0.3, 0.4) is 0 Å². The number of benzene rings is 2. The quantitative estimate of drug-likeness (QED) is 0.571. The average molecular weight is 415 g/mol. The monoisotopic (exact) mass is 414 g/mol. The SMILES string of the molecule is COc1ccc(-c2[nH]ncc2C(=O)NNC(=O)c2ccc(Br)cc2)cc1. The van der Waals surface area contributed by atoms with E-state index in [0.717, 1.165) is 10.0 Å². The number of H-pyrrole nitrogens is 1. The first-order valence-electron chi connectivity index (χ1n) is 7.62. The molecule has 0 bridgehead atoms. The highest BCUT2D eigenvalue weighted by molar-refractivity contribution is 9.10. The maximum absolute atomic E-state index is 12.4. The number of carbonyl (C=O) groups excluding carboxylic acids is 2. The van der Waals surface area contributed by atoms with E-state index in [-0.39, 0.29) is 0 Å². The van der Waals surface area contributed by atoms with E-state index >= 15 is 0 Å². The summed E-state index contributed by atoms with van der Waals surface area (Å²) in [6.07, 6.45) is 1.40. The van der Waals surface area contributed by atoms with Gasteiger partial charge in [-0.05, 0) is 48.5 Å². The first kappa shape index (κ1) is 17.7. The summed E-state index contributed by atoms with van der Waals surface area (Å²) in [5, 5.41) is 6.72. The van der Waals surface area contributed by atoms with Gasteiger partial charge in [-0.2, -0.15) is 5.10 Å². The van der Waals surface area contributed by atoms with Crippen LogP contribution in [0.2, 0.25) is 0 Å². The highest BCUT2D eigenvalue weighted by Gasteiger charge is 2.16. The molecule has 3 rings (SSSR count). The Kier molecular flexibility index (Phi) is 5.33. The lowest BCUT2D eigenvalue weighted by Crippen LogP contribution is -2.41. The van der Waals surface area contributed by atoms with E-state index in [1.807, 2.05) is 12.1 Å². The molecule has 0 aliphatic carbocycles. The Hall–Kier alpha value is -3.13. The van der Waals surface area contributed by atoms with Crippen molar-refractivity contribution in [2.75, 3.05) is 7.11 Å². The minimum absolute atomic E-state index is 0.311. The van der Waals surface area contributed by atoms with Crippen molar-refractivity contribution in [3.8, 4) is 17.0 Å².